The van der Waals surface area contributed by atoms with Crippen LogP contribution in [0.5, 0.6) is 0 Å². The van der Waals surface area contributed by atoms with Crippen LogP contribution in [0.25, 0.3) is 11.1 Å². The van der Waals surface area contributed by atoms with Gasteiger partial charge in [-0.1, -0.05) is 55.8 Å². The number of ketones is 1. The average Bonchev–Trinajstić information content (AvgIpc) is 3.21. The lowest BCUT2D eigenvalue weighted by molar-refractivity contribution is -0.122. The highest BCUT2D eigenvalue weighted by Gasteiger charge is 2.32. The number of rotatable bonds is 12. The number of carbonyl (C=O) groups is 2. The lowest BCUT2D eigenvalue weighted by Gasteiger charge is -2.21. The molecule has 2 aromatic carbocycles. The van der Waals surface area contributed by atoms with E-state index in [0.29, 0.717) is 23.1 Å². The van der Waals surface area contributed by atoms with Crippen molar-refractivity contribution in [1.82, 2.24) is 15.0 Å². The molecular weight excluding hydrogens is 494 g/mol. The van der Waals surface area contributed by atoms with E-state index >= 15 is 0 Å². The molecule has 0 aliphatic rings. The Bertz CT molecular complexity index is 1370. The van der Waals surface area contributed by atoms with Gasteiger partial charge in [-0.3, -0.25) is 9.59 Å². The summed E-state index contributed by atoms with van der Waals surface area (Å²) in [6.07, 6.45) is 1.54. The topological polar surface area (TPSA) is 153 Å². The molecule has 0 saturated heterocycles. The first-order valence-electron chi connectivity index (χ1n) is 10.9. The van der Waals surface area contributed by atoms with E-state index in [0.717, 1.165) is 6.26 Å². The summed E-state index contributed by atoms with van der Waals surface area (Å²) >= 11 is 0. The van der Waals surface area contributed by atoms with Gasteiger partial charge in [-0.25, -0.2) is 26.5 Å². The first-order valence-corrected chi connectivity index (χ1v) is 14.6. The first-order chi connectivity index (χ1) is 16.5. The van der Waals surface area contributed by atoms with E-state index in [1.807, 2.05) is 0 Å². The molecule has 0 saturated carbocycles. The van der Waals surface area contributed by atoms with Crippen molar-refractivity contribution < 1.29 is 30.8 Å². The predicted molar refractivity (Wildman–Crippen MR) is 131 cm³/mol. The van der Waals surface area contributed by atoms with Gasteiger partial charge in [0.1, 0.15) is 11.6 Å². The third kappa shape index (κ3) is 7.70. The molecule has 2 unspecified atom stereocenters. The van der Waals surface area contributed by atoms with Gasteiger partial charge in [-0.15, -0.1) is 0 Å². The fourth-order valence-electron chi connectivity index (χ4n) is 3.52. The van der Waals surface area contributed by atoms with E-state index in [-0.39, 0.29) is 18.1 Å². The Kier molecular flexibility index (Phi) is 8.41. The number of Topliss-reactive ketones (excluding diaryl/α,β-unsaturated/α-hetero) is 1. The van der Waals surface area contributed by atoms with Crippen molar-refractivity contribution in [3.05, 3.63) is 66.1 Å². The van der Waals surface area contributed by atoms with E-state index in [9.17, 15) is 26.4 Å². The minimum absolute atomic E-state index is 0.200. The van der Waals surface area contributed by atoms with Crippen LogP contribution in [-0.2, 0) is 30.4 Å². The maximum atomic E-state index is 13.0. The van der Waals surface area contributed by atoms with Crippen LogP contribution in [0.3, 0.4) is 0 Å². The summed E-state index contributed by atoms with van der Waals surface area (Å²) < 4.78 is 56.9. The van der Waals surface area contributed by atoms with Gasteiger partial charge in [0, 0.05) is 0 Å². The Morgan fingerprint density at radius 3 is 2.26 bits per heavy atom. The molecule has 3 rings (SSSR count). The van der Waals surface area contributed by atoms with Gasteiger partial charge in [0.15, 0.2) is 15.4 Å². The van der Waals surface area contributed by atoms with Gasteiger partial charge in [0.25, 0.3) is 5.89 Å². The molecule has 1 aromatic heterocycles. The number of nitrogens with one attached hydrogen (secondary N) is 2. The number of hydrogen-bond acceptors (Lipinski definition) is 8. The van der Waals surface area contributed by atoms with Crippen molar-refractivity contribution in [1.29, 1.82) is 0 Å². The third-order valence-corrected chi connectivity index (χ3v) is 7.36. The summed E-state index contributed by atoms with van der Waals surface area (Å²) in [6.45, 7) is 1.80. The molecule has 0 radical (unpaired) electrons. The van der Waals surface area contributed by atoms with Crippen molar-refractivity contribution in [2.45, 2.75) is 37.6 Å². The Hall–Kier alpha value is -3.09. The van der Waals surface area contributed by atoms with E-state index in [1.165, 1.54) is 0 Å². The number of sulfonamides is 1. The number of aromatic nitrogens is 1. The van der Waals surface area contributed by atoms with Crippen LogP contribution in [0.4, 0.5) is 0 Å². The van der Waals surface area contributed by atoms with Crippen LogP contribution >= 0.6 is 0 Å². The minimum Gasteiger partial charge on any atom is -0.434 e. The van der Waals surface area contributed by atoms with Crippen molar-refractivity contribution >= 4 is 42.7 Å². The van der Waals surface area contributed by atoms with Crippen LogP contribution in [-0.4, -0.2) is 57.6 Å². The Morgan fingerprint density at radius 1 is 0.971 bits per heavy atom. The van der Waals surface area contributed by atoms with Crippen LogP contribution in [0.2, 0.25) is 0 Å². The van der Waals surface area contributed by atoms with Gasteiger partial charge in [-0.2, -0.15) is 0 Å². The lowest BCUT2D eigenvalue weighted by atomic mass is 10.1. The van der Waals surface area contributed by atoms with Gasteiger partial charge in [-0.05, 0) is 24.1 Å². The second-order valence-corrected chi connectivity index (χ2v) is 12.1. The molecule has 0 aliphatic heterocycles. The largest absolute Gasteiger partial charge is 0.434 e. The Morgan fingerprint density at radius 2 is 1.63 bits per heavy atom. The highest BCUT2D eigenvalue weighted by Crippen LogP contribution is 2.17. The minimum atomic E-state index is -3.94. The standard InChI is InChI=1S/C23H27N3O7S2/c1-3-9-18(21(27)23-25-17-12-7-8-13-20(17)33-23)24-22(28)19(26-34(2,29)30)15-35(31,32)14-16-10-5-4-6-11-16/h4-8,10-13,18-19,26H,3,9,14-15H2,1-2H3,(H,24,28). The highest BCUT2D eigenvalue weighted by molar-refractivity contribution is 7.91. The number of amides is 1. The van der Waals surface area contributed by atoms with Gasteiger partial charge in [0.2, 0.25) is 21.7 Å². The normalized spacial score (nSPS) is 13.9. The summed E-state index contributed by atoms with van der Waals surface area (Å²) in [5.41, 5.74) is 1.38. The zero-order valence-corrected chi connectivity index (χ0v) is 20.9. The SMILES string of the molecule is CCCC(NC(=O)C(CS(=O)(=O)Cc1ccccc1)NS(C)(=O)=O)C(=O)c1nc2ccccc2o1. The maximum absolute atomic E-state index is 13.0. The fourth-order valence-corrected chi connectivity index (χ4v) is 5.89. The van der Waals surface area contributed by atoms with E-state index in [4.69, 9.17) is 4.42 Å². The van der Waals surface area contributed by atoms with Gasteiger partial charge < -0.3 is 9.73 Å². The molecule has 1 amide bonds. The van der Waals surface area contributed by atoms with Crippen molar-refractivity contribution in [2.24, 2.45) is 0 Å². The molecule has 3 aromatic rings. The second kappa shape index (κ2) is 11.1. The number of nitrogens with zero attached hydrogens (tertiary/aromatic N) is 1. The summed E-state index contributed by atoms with van der Waals surface area (Å²) in [5.74, 6) is -2.88. The Labute approximate surface area is 204 Å². The van der Waals surface area contributed by atoms with E-state index in [1.54, 1.807) is 61.5 Å². The summed E-state index contributed by atoms with van der Waals surface area (Å²) in [7, 11) is -7.84. The monoisotopic (exact) mass is 521 g/mol. The molecule has 0 spiro atoms. The second-order valence-electron chi connectivity index (χ2n) is 8.18. The average molecular weight is 522 g/mol. The predicted octanol–water partition coefficient (Wildman–Crippen LogP) is 1.83. The van der Waals surface area contributed by atoms with Gasteiger partial charge >= 0.3 is 0 Å². The fraction of sp³-hybridized carbons (Fsp3) is 0.348. The van der Waals surface area contributed by atoms with E-state index < -0.39 is 49.4 Å². The molecule has 1 heterocycles. The summed E-state index contributed by atoms with van der Waals surface area (Å²) in [5, 5.41) is 2.49. The number of sulfone groups is 1. The van der Waals surface area contributed by atoms with Crippen molar-refractivity contribution in [3.63, 3.8) is 0 Å². The molecular formula is C23H27N3O7S2. The van der Waals surface area contributed by atoms with Crippen LogP contribution < -0.4 is 10.0 Å². The van der Waals surface area contributed by atoms with Crippen molar-refractivity contribution in [2.75, 3.05) is 12.0 Å². The molecule has 10 nitrogen and oxygen atoms in total. The number of carbonyl (C=O) groups excluding carboxylic acids is 2. The van der Waals surface area contributed by atoms with Crippen LogP contribution in [0, 0.1) is 0 Å². The van der Waals surface area contributed by atoms with E-state index in [2.05, 4.69) is 15.0 Å². The quantitative estimate of drug-likeness (QED) is 0.342. The molecule has 0 fully saturated rings. The molecule has 12 heteroatoms. The lowest BCUT2D eigenvalue weighted by Crippen LogP contribution is -2.54. The highest BCUT2D eigenvalue weighted by atomic mass is 32.2. The number of fused-ring (bicyclic) bond motifs is 1. The van der Waals surface area contributed by atoms with Gasteiger partial charge in [0.05, 0.1) is 23.8 Å². The van der Waals surface area contributed by atoms with Crippen LogP contribution in [0.1, 0.15) is 36.0 Å². The Balaban J connectivity index is 1.81. The summed E-state index contributed by atoms with van der Waals surface area (Å²) in [6, 6.07) is 12.4. The smallest absolute Gasteiger partial charge is 0.266 e. The zero-order valence-electron chi connectivity index (χ0n) is 19.3. The number of benzene rings is 2. The first kappa shape index (κ1) is 26.5. The molecule has 188 valence electrons. The molecule has 0 bridgehead atoms. The summed E-state index contributed by atoms with van der Waals surface area (Å²) in [4.78, 5) is 30.2. The maximum Gasteiger partial charge on any atom is 0.266 e. The number of oxazole rings is 1. The number of para-hydroxylation sites is 2. The number of hydrogen-bond donors (Lipinski definition) is 2. The van der Waals surface area contributed by atoms with Crippen LogP contribution in [0.15, 0.2) is 59.0 Å². The third-order valence-electron chi connectivity index (χ3n) is 5.04. The molecule has 2 N–H and O–H groups in total. The molecule has 2 atom stereocenters. The molecule has 35 heavy (non-hydrogen) atoms. The van der Waals surface area contributed by atoms with Crippen molar-refractivity contribution in [3.8, 4) is 0 Å². The molecule has 0 aliphatic carbocycles. The zero-order chi connectivity index (χ0) is 25.6.